The number of ether oxygens (including phenoxy) is 1. The highest BCUT2D eigenvalue weighted by Gasteiger charge is 2.19. The molecule has 1 rings (SSSR count). The molecule has 0 spiro atoms. The predicted molar refractivity (Wildman–Crippen MR) is 78.8 cm³/mol. The Morgan fingerprint density at radius 1 is 1.32 bits per heavy atom. The van der Waals surface area contributed by atoms with Gasteiger partial charge in [0.25, 0.3) is 0 Å². The van der Waals surface area contributed by atoms with Crippen LogP contribution in [0.3, 0.4) is 0 Å². The second-order valence-corrected chi connectivity index (χ2v) is 5.58. The Balaban J connectivity index is 3.06. The van der Waals surface area contributed by atoms with Crippen molar-refractivity contribution in [3.8, 4) is 0 Å². The van der Waals surface area contributed by atoms with Gasteiger partial charge in [-0.3, -0.25) is 10.1 Å². The molecule has 0 saturated carbocycles. The molecule has 104 valence electrons. The summed E-state index contributed by atoms with van der Waals surface area (Å²) in [5.41, 5.74) is 1.96. The highest BCUT2D eigenvalue weighted by atomic mass is 16.5. The van der Waals surface area contributed by atoms with E-state index < -0.39 is 0 Å². The van der Waals surface area contributed by atoms with E-state index in [9.17, 15) is 4.79 Å². The average molecular weight is 261 g/mol. The van der Waals surface area contributed by atoms with E-state index in [0.717, 1.165) is 11.1 Å². The number of nitrogens with one attached hydrogen (secondary N) is 1. The second-order valence-electron chi connectivity index (χ2n) is 5.58. The van der Waals surface area contributed by atoms with Gasteiger partial charge in [-0.15, -0.1) is 0 Å². The number of rotatable bonds is 5. The molecule has 19 heavy (non-hydrogen) atoms. The summed E-state index contributed by atoms with van der Waals surface area (Å²) in [7, 11) is 1.68. The molecule has 0 aliphatic rings. The highest BCUT2D eigenvalue weighted by molar-refractivity contribution is 5.91. The van der Waals surface area contributed by atoms with E-state index >= 15 is 0 Å². The third-order valence-corrected chi connectivity index (χ3v) is 2.58. The van der Waals surface area contributed by atoms with Gasteiger partial charge in [0.15, 0.2) is 5.78 Å². The van der Waals surface area contributed by atoms with Gasteiger partial charge in [-0.1, -0.05) is 30.3 Å². The molecule has 0 radical (unpaired) electrons. The van der Waals surface area contributed by atoms with Gasteiger partial charge >= 0.3 is 0 Å². The van der Waals surface area contributed by atoms with Gasteiger partial charge < -0.3 is 4.74 Å². The van der Waals surface area contributed by atoms with Crippen LogP contribution in [0.15, 0.2) is 30.3 Å². The summed E-state index contributed by atoms with van der Waals surface area (Å²) in [6, 6.07) is 7.90. The lowest BCUT2D eigenvalue weighted by Gasteiger charge is -2.28. The number of hydrogen-bond donors (Lipinski definition) is 1. The SMILES string of the molecule is COC(NC(C)(C)C)c1ccccc1/C=C/C(C)=O. The summed E-state index contributed by atoms with van der Waals surface area (Å²) in [6.07, 6.45) is 3.20. The van der Waals surface area contributed by atoms with Crippen molar-refractivity contribution >= 4 is 11.9 Å². The molecule has 3 nitrogen and oxygen atoms in total. The molecule has 1 N–H and O–H groups in total. The van der Waals surface area contributed by atoms with Gasteiger partial charge in [0.2, 0.25) is 0 Å². The third kappa shape index (κ3) is 5.37. The molecule has 1 unspecified atom stereocenters. The van der Waals surface area contributed by atoms with Crippen molar-refractivity contribution < 1.29 is 9.53 Å². The summed E-state index contributed by atoms with van der Waals surface area (Å²) in [6.45, 7) is 7.81. The zero-order valence-electron chi connectivity index (χ0n) is 12.4. The number of hydrogen-bond acceptors (Lipinski definition) is 3. The Morgan fingerprint density at radius 2 is 1.95 bits per heavy atom. The Bertz CT molecular complexity index is 458. The summed E-state index contributed by atoms with van der Waals surface area (Å²) in [5, 5.41) is 3.41. The molecule has 0 bridgehead atoms. The van der Waals surface area contributed by atoms with Crippen molar-refractivity contribution in [2.24, 2.45) is 0 Å². The minimum absolute atomic E-state index is 0.0348. The van der Waals surface area contributed by atoms with Crippen molar-refractivity contribution in [2.45, 2.75) is 39.5 Å². The van der Waals surface area contributed by atoms with Crippen molar-refractivity contribution in [3.05, 3.63) is 41.5 Å². The first kappa shape index (κ1) is 15.6. The Kier molecular flexibility index (Phi) is 5.45. The van der Waals surface area contributed by atoms with Crippen LogP contribution in [0.4, 0.5) is 0 Å². The molecule has 1 atom stereocenters. The Labute approximate surface area is 115 Å². The van der Waals surface area contributed by atoms with E-state index in [1.54, 1.807) is 20.1 Å². The van der Waals surface area contributed by atoms with Gasteiger partial charge in [-0.05, 0) is 39.3 Å². The molecule has 0 fully saturated rings. The van der Waals surface area contributed by atoms with Gasteiger partial charge in [-0.25, -0.2) is 0 Å². The lowest BCUT2D eigenvalue weighted by Crippen LogP contribution is -2.39. The van der Waals surface area contributed by atoms with E-state index in [-0.39, 0.29) is 17.6 Å². The minimum Gasteiger partial charge on any atom is -0.362 e. The lowest BCUT2D eigenvalue weighted by molar-refractivity contribution is -0.112. The summed E-state index contributed by atoms with van der Waals surface area (Å²) in [5.74, 6) is 0.0348. The van der Waals surface area contributed by atoms with Crippen LogP contribution >= 0.6 is 0 Å². The number of carbonyl (C=O) groups is 1. The molecular weight excluding hydrogens is 238 g/mol. The van der Waals surface area contributed by atoms with E-state index in [4.69, 9.17) is 4.74 Å². The van der Waals surface area contributed by atoms with Crippen LogP contribution in [0.5, 0.6) is 0 Å². The first-order valence-corrected chi connectivity index (χ1v) is 6.41. The zero-order chi connectivity index (χ0) is 14.5. The van der Waals surface area contributed by atoms with Crippen molar-refractivity contribution in [1.82, 2.24) is 5.32 Å². The van der Waals surface area contributed by atoms with Crippen LogP contribution in [0.1, 0.15) is 45.0 Å². The number of benzene rings is 1. The molecule has 0 heterocycles. The third-order valence-electron chi connectivity index (χ3n) is 2.58. The fraction of sp³-hybridized carbons (Fsp3) is 0.438. The maximum atomic E-state index is 11.1. The van der Waals surface area contributed by atoms with E-state index in [1.807, 2.05) is 30.3 Å². The zero-order valence-corrected chi connectivity index (χ0v) is 12.4. The summed E-state index contributed by atoms with van der Waals surface area (Å²) < 4.78 is 5.53. The number of carbonyl (C=O) groups excluding carboxylic acids is 1. The first-order valence-electron chi connectivity index (χ1n) is 6.41. The van der Waals surface area contributed by atoms with Crippen LogP contribution in [-0.2, 0) is 9.53 Å². The van der Waals surface area contributed by atoms with Crippen molar-refractivity contribution in [2.75, 3.05) is 7.11 Å². The molecule has 0 aliphatic carbocycles. The Hall–Kier alpha value is -1.45. The molecule has 1 aromatic rings. The maximum absolute atomic E-state index is 11.1. The number of allylic oxidation sites excluding steroid dienone is 1. The monoisotopic (exact) mass is 261 g/mol. The summed E-state index contributed by atoms with van der Waals surface area (Å²) in [4.78, 5) is 11.1. The number of methoxy groups -OCH3 is 1. The Morgan fingerprint density at radius 3 is 2.47 bits per heavy atom. The molecule has 0 aromatic heterocycles. The lowest BCUT2D eigenvalue weighted by atomic mass is 10.0. The van der Waals surface area contributed by atoms with Gasteiger partial charge in [0, 0.05) is 18.2 Å². The van der Waals surface area contributed by atoms with Crippen LogP contribution in [0.2, 0.25) is 0 Å². The molecule has 3 heteroatoms. The molecule has 0 aliphatic heterocycles. The second kappa shape index (κ2) is 6.64. The topological polar surface area (TPSA) is 38.3 Å². The highest BCUT2D eigenvalue weighted by Crippen LogP contribution is 2.22. The molecular formula is C16H23NO2. The van der Waals surface area contributed by atoms with Gasteiger partial charge in [0.05, 0.1) is 0 Å². The predicted octanol–water partition coefficient (Wildman–Crippen LogP) is 3.32. The fourth-order valence-electron chi connectivity index (χ4n) is 1.77. The largest absolute Gasteiger partial charge is 0.362 e. The van der Waals surface area contributed by atoms with Gasteiger partial charge in [0.1, 0.15) is 6.23 Å². The van der Waals surface area contributed by atoms with Crippen LogP contribution in [-0.4, -0.2) is 18.4 Å². The van der Waals surface area contributed by atoms with E-state index in [2.05, 4.69) is 26.1 Å². The first-order chi connectivity index (χ1) is 8.83. The van der Waals surface area contributed by atoms with Crippen LogP contribution in [0.25, 0.3) is 6.08 Å². The molecule has 0 saturated heterocycles. The minimum atomic E-state index is -0.201. The van der Waals surface area contributed by atoms with Crippen LogP contribution < -0.4 is 5.32 Å². The molecule has 0 amide bonds. The fourth-order valence-corrected chi connectivity index (χ4v) is 1.77. The van der Waals surface area contributed by atoms with Crippen LogP contribution in [0, 0.1) is 0 Å². The van der Waals surface area contributed by atoms with Crippen molar-refractivity contribution in [3.63, 3.8) is 0 Å². The van der Waals surface area contributed by atoms with E-state index in [0.29, 0.717) is 0 Å². The standard InChI is InChI=1S/C16H23NO2/c1-12(18)10-11-13-8-6-7-9-14(13)15(19-5)17-16(2,3)4/h6-11,15,17H,1-5H3/b11-10+. The van der Waals surface area contributed by atoms with E-state index in [1.165, 1.54) is 0 Å². The average Bonchev–Trinajstić information content (AvgIpc) is 2.33. The normalized spacial score (nSPS) is 13.7. The maximum Gasteiger partial charge on any atom is 0.152 e. The number of ketones is 1. The smallest absolute Gasteiger partial charge is 0.152 e. The molecule has 1 aromatic carbocycles. The van der Waals surface area contributed by atoms with Crippen molar-refractivity contribution in [1.29, 1.82) is 0 Å². The quantitative estimate of drug-likeness (QED) is 0.652. The van der Waals surface area contributed by atoms with Gasteiger partial charge in [-0.2, -0.15) is 0 Å². The summed E-state index contributed by atoms with van der Waals surface area (Å²) >= 11 is 0.